The molecule has 0 unspecified atom stereocenters. The van der Waals surface area contributed by atoms with Gasteiger partial charge in [0.1, 0.15) is 10.6 Å². The van der Waals surface area contributed by atoms with Crippen LogP contribution in [0.4, 0.5) is 13.2 Å². The van der Waals surface area contributed by atoms with Gasteiger partial charge in [-0.25, -0.2) is 0 Å². The highest BCUT2D eigenvalue weighted by atomic mass is 32.2. The van der Waals surface area contributed by atoms with Gasteiger partial charge in [0, 0.05) is 27.7 Å². The average molecular weight is 428 g/mol. The lowest BCUT2D eigenvalue weighted by atomic mass is 10.2. The number of hydrogen-bond acceptors (Lipinski definition) is 5. The van der Waals surface area contributed by atoms with Crippen molar-refractivity contribution in [2.45, 2.75) is 24.9 Å². The standard InChI is InChI=1S/C19H20F3N3OS2/c1-5-27-16-12-8-6-7-9-14(12)28-17(16)18(26)25(4)11(2)13(23)10-15(24-3)19(20,21)22/h6-10H,3,5,23H2,1-2,4H3/b13-11-,15-10-. The third-order valence-electron chi connectivity index (χ3n) is 4.01. The van der Waals surface area contributed by atoms with Gasteiger partial charge in [0.25, 0.3) is 5.91 Å². The van der Waals surface area contributed by atoms with Crippen molar-refractivity contribution in [2.75, 3.05) is 12.8 Å². The second-order valence-electron chi connectivity index (χ2n) is 5.78. The van der Waals surface area contributed by atoms with Crippen LogP contribution in [0.2, 0.25) is 0 Å². The highest BCUT2D eigenvalue weighted by molar-refractivity contribution is 7.99. The summed E-state index contributed by atoms with van der Waals surface area (Å²) in [7, 11) is 1.48. The summed E-state index contributed by atoms with van der Waals surface area (Å²) in [6.45, 7) is 6.40. The Hall–Kier alpha value is -2.26. The lowest BCUT2D eigenvalue weighted by molar-refractivity contribution is -0.0922. The van der Waals surface area contributed by atoms with Crippen molar-refractivity contribution in [1.82, 2.24) is 4.90 Å². The van der Waals surface area contributed by atoms with Gasteiger partial charge < -0.3 is 10.6 Å². The van der Waals surface area contributed by atoms with E-state index in [1.54, 1.807) is 11.8 Å². The van der Waals surface area contributed by atoms with E-state index in [1.165, 1.54) is 30.2 Å². The number of fused-ring (bicyclic) bond motifs is 1. The van der Waals surface area contributed by atoms with Gasteiger partial charge in [-0.05, 0) is 31.5 Å². The fraction of sp³-hybridized carbons (Fsp3) is 0.263. The lowest BCUT2D eigenvalue weighted by Crippen LogP contribution is -2.27. The van der Waals surface area contributed by atoms with Gasteiger partial charge in [-0.1, -0.05) is 25.1 Å². The van der Waals surface area contributed by atoms with Gasteiger partial charge in [0.05, 0.1) is 5.70 Å². The molecule has 1 heterocycles. The number of benzene rings is 1. The van der Waals surface area contributed by atoms with Gasteiger partial charge in [-0.2, -0.15) is 13.2 Å². The maximum Gasteiger partial charge on any atom is 0.433 e. The normalized spacial score (nSPS) is 13.4. The lowest BCUT2D eigenvalue weighted by Gasteiger charge is -2.19. The SMILES string of the molecule is C=N/C(=C\C(N)=C(/C)N(C)C(=O)c1sc2ccccc2c1SCC)C(F)(F)F. The Morgan fingerprint density at radius 2 is 2.04 bits per heavy atom. The number of halogens is 3. The summed E-state index contributed by atoms with van der Waals surface area (Å²) < 4.78 is 39.6. The number of thioether (sulfide) groups is 1. The molecule has 0 saturated heterocycles. The number of nitrogens with zero attached hydrogens (tertiary/aromatic N) is 2. The number of carbonyl (C=O) groups excluding carboxylic acids is 1. The summed E-state index contributed by atoms with van der Waals surface area (Å²) >= 11 is 2.91. The number of allylic oxidation sites excluding steroid dienone is 3. The first-order valence-electron chi connectivity index (χ1n) is 8.26. The zero-order valence-electron chi connectivity index (χ0n) is 15.6. The molecule has 0 fully saturated rings. The second-order valence-corrected chi connectivity index (χ2v) is 8.11. The third kappa shape index (κ3) is 4.59. The number of aliphatic imine (C=N–C) groups is 1. The van der Waals surface area contributed by atoms with E-state index in [-0.39, 0.29) is 17.3 Å². The predicted octanol–water partition coefficient (Wildman–Crippen LogP) is 5.42. The number of hydrogen-bond donors (Lipinski definition) is 1. The van der Waals surface area contributed by atoms with Gasteiger partial charge in [0.2, 0.25) is 0 Å². The molecule has 1 aromatic heterocycles. The fourth-order valence-corrected chi connectivity index (χ4v) is 4.70. The molecule has 0 bridgehead atoms. The molecule has 0 saturated carbocycles. The molecule has 28 heavy (non-hydrogen) atoms. The van der Waals surface area contributed by atoms with Crippen molar-refractivity contribution >= 4 is 45.8 Å². The zero-order chi connectivity index (χ0) is 21.1. The smallest absolute Gasteiger partial charge is 0.397 e. The van der Waals surface area contributed by atoms with Crippen LogP contribution in [0.3, 0.4) is 0 Å². The first kappa shape index (κ1) is 22.0. The monoisotopic (exact) mass is 427 g/mol. The molecule has 9 heteroatoms. The molecule has 1 amide bonds. The molecule has 150 valence electrons. The van der Waals surface area contributed by atoms with E-state index in [9.17, 15) is 18.0 Å². The fourth-order valence-electron chi connectivity index (χ4n) is 2.42. The molecule has 1 aromatic carbocycles. The second kappa shape index (κ2) is 8.83. The molecule has 0 aliphatic carbocycles. The van der Waals surface area contributed by atoms with E-state index >= 15 is 0 Å². The molecule has 0 aliphatic rings. The maximum absolute atomic E-state index is 13.1. The molecule has 0 aliphatic heterocycles. The molecule has 2 aromatic rings. The summed E-state index contributed by atoms with van der Waals surface area (Å²) in [5.74, 6) is 0.454. The van der Waals surface area contributed by atoms with Crippen LogP contribution >= 0.6 is 23.1 Å². The van der Waals surface area contributed by atoms with E-state index in [1.807, 2.05) is 31.2 Å². The number of thiophene rings is 1. The summed E-state index contributed by atoms with van der Waals surface area (Å²) in [5.41, 5.74) is 4.57. The Morgan fingerprint density at radius 3 is 2.61 bits per heavy atom. The molecule has 2 N–H and O–H groups in total. The van der Waals surface area contributed by atoms with Crippen molar-refractivity contribution in [3.05, 3.63) is 52.3 Å². The number of carbonyl (C=O) groups is 1. The minimum absolute atomic E-state index is 0.195. The first-order chi connectivity index (χ1) is 13.1. The van der Waals surface area contributed by atoms with Gasteiger partial charge in [0.15, 0.2) is 0 Å². The molecule has 0 atom stereocenters. The van der Waals surface area contributed by atoms with E-state index in [0.29, 0.717) is 11.0 Å². The average Bonchev–Trinajstić information content (AvgIpc) is 3.02. The molecule has 2 rings (SSSR count). The highest BCUT2D eigenvalue weighted by Gasteiger charge is 2.33. The minimum Gasteiger partial charge on any atom is -0.397 e. The third-order valence-corrected chi connectivity index (χ3v) is 6.30. The Labute approximate surface area is 169 Å². The summed E-state index contributed by atoms with van der Waals surface area (Å²) in [6, 6.07) is 7.68. The summed E-state index contributed by atoms with van der Waals surface area (Å²) in [6.07, 6.45) is -4.00. The van der Waals surface area contributed by atoms with Crippen LogP contribution in [-0.4, -0.2) is 36.5 Å². The van der Waals surface area contributed by atoms with Gasteiger partial charge in [-0.3, -0.25) is 9.79 Å². The Bertz CT molecular complexity index is 961. The van der Waals surface area contributed by atoms with Crippen LogP contribution in [0.25, 0.3) is 10.1 Å². The molecular weight excluding hydrogens is 407 g/mol. The van der Waals surface area contributed by atoms with Crippen molar-refractivity contribution < 1.29 is 18.0 Å². The summed E-state index contributed by atoms with van der Waals surface area (Å²) in [4.78, 5) is 18.7. The first-order valence-corrected chi connectivity index (χ1v) is 10.1. The maximum atomic E-state index is 13.1. The number of amides is 1. The van der Waals surface area contributed by atoms with Crippen molar-refractivity contribution in [3.8, 4) is 0 Å². The van der Waals surface area contributed by atoms with Crippen LogP contribution in [0.15, 0.2) is 57.3 Å². The van der Waals surface area contributed by atoms with Gasteiger partial charge in [-0.15, -0.1) is 23.1 Å². The van der Waals surface area contributed by atoms with E-state index in [0.717, 1.165) is 20.7 Å². The van der Waals surface area contributed by atoms with Crippen LogP contribution in [0, 0.1) is 0 Å². The molecule has 4 nitrogen and oxygen atoms in total. The Kier molecular flexibility index (Phi) is 6.95. The number of rotatable bonds is 6. The quantitative estimate of drug-likeness (QED) is 0.380. The van der Waals surface area contributed by atoms with Crippen LogP contribution in [0.1, 0.15) is 23.5 Å². The van der Waals surface area contributed by atoms with Crippen LogP contribution in [-0.2, 0) is 0 Å². The minimum atomic E-state index is -4.67. The Morgan fingerprint density at radius 1 is 1.39 bits per heavy atom. The van der Waals surface area contributed by atoms with Crippen LogP contribution < -0.4 is 5.73 Å². The van der Waals surface area contributed by atoms with Crippen molar-refractivity contribution in [1.29, 1.82) is 0 Å². The van der Waals surface area contributed by atoms with E-state index in [2.05, 4.69) is 11.7 Å². The van der Waals surface area contributed by atoms with Gasteiger partial charge >= 0.3 is 6.18 Å². The van der Waals surface area contributed by atoms with Crippen molar-refractivity contribution in [3.63, 3.8) is 0 Å². The van der Waals surface area contributed by atoms with E-state index in [4.69, 9.17) is 5.73 Å². The predicted molar refractivity (Wildman–Crippen MR) is 111 cm³/mol. The molecular formula is C19H20F3N3OS2. The summed E-state index contributed by atoms with van der Waals surface area (Å²) in [5, 5.41) is 0.987. The molecule has 0 radical (unpaired) electrons. The topological polar surface area (TPSA) is 58.7 Å². The Balaban J connectivity index is 2.46. The number of nitrogens with two attached hydrogens (primary N) is 1. The number of alkyl halides is 3. The van der Waals surface area contributed by atoms with E-state index < -0.39 is 11.9 Å². The molecule has 0 spiro atoms. The van der Waals surface area contributed by atoms with Crippen LogP contribution in [0.5, 0.6) is 0 Å². The van der Waals surface area contributed by atoms with Crippen molar-refractivity contribution in [2.24, 2.45) is 10.7 Å². The highest BCUT2D eigenvalue weighted by Crippen LogP contribution is 2.39. The zero-order valence-corrected chi connectivity index (χ0v) is 17.3. The largest absolute Gasteiger partial charge is 0.433 e.